The summed E-state index contributed by atoms with van der Waals surface area (Å²) in [7, 11) is -3.69. The van der Waals surface area contributed by atoms with Gasteiger partial charge < -0.3 is 10.2 Å². The Morgan fingerprint density at radius 2 is 2.10 bits per heavy atom. The molecule has 1 aromatic heterocycles. The fraction of sp³-hybridized carbons (Fsp3) is 0.154. The van der Waals surface area contributed by atoms with Gasteiger partial charge in [0.15, 0.2) is 0 Å². The lowest BCUT2D eigenvalue weighted by molar-refractivity contribution is 0.475. The van der Waals surface area contributed by atoms with Crippen LogP contribution in [0, 0.1) is 6.92 Å². The standard InChI is InChI=1S/C13H13ClN2O3S2/c1-8-2-3-9(19-8)7-16-21(17,18)10-4-5-11(13(15)20)12(14)6-10/h2-6,16H,7H2,1H3,(H2,15,20). The lowest BCUT2D eigenvalue weighted by Crippen LogP contribution is -2.23. The Bertz CT molecular complexity index is 784. The molecule has 0 radical (unpaired) electrons. The number of nitrogens with one attached hydrogen (secondary N) is 1. The third kappa shape index (κ3) is 3.82. The summed E-state index contributed by atoms with van der Waals surface area (Å²) in [5.74, 6) is 1.25. The van der Waals surface area contributed by atoms with Crippen molar-refractivity contribution < 1.29 is 12.8 Å². The zero-order valence-corrected chi connectivity index (χ0v) is 13.5. The van der Waals surface area contributed by atoms with Crippen LogP contribution in [0.5, 0.6) is 0 Å². The minimum Gasteiger partial charge on any atom is -0.465 e. The Morgan fingerprint density at radius 1 is 1.38 bits per heavy atom. The molecule has 1 aromatic carbocycles. The maximum absolute atomic E-state index is 12.2. The van der Waals surface area contributed by atoms with Crippen LogP contribution in [-0.2, 0) is 16.6 Å². The Kier molecular flexibility index (Phi) is 4.67. The molecule has 0 aliphatic heterocycles. The van der Waals surface area contributed by atoms with E-state index in [1.165, 1.54) is 18.2 Å². The quantitative estimate of drug-likeness (QED) is 0.813. The number of furan rings is 1. The minimum absolute atomic E-state index is 0.0378. The van der Waals surface area contributed by atoms with Gasteiger partial charge in [-0.25, -0.2) is 13.1 Å². The van der Waals surface area contributed by atoms with Crippen molar-refractivity contribution >= 4 is 38.8 Å². The van der Waals surface area contributed by atoms with Crippen LogP contribution in [0.15, 0.2) is 39.6 Å². The number of nitrogens with two attached hydrogens (primary N) is 1. The molecule has 0 aliphatic rings. The highest BCUT2D eigenvalue weighted by molar-refractivity contribution is 7.89. The molecule has 0 atom stereocenters. The Labute approximate surface area is 133 Å². The van der Waals surface area contributed by atoms with Crippen LogP contribution in [0.4, 0.5) is 0 Å². The van der Waals surface area contributed by atoms with Gasteiger partial charge in [0.1, 0.15) is 16.5 Å². The lowest BCUT2D eigenvalue weighted by Gasteiger charge is -2.08. The summed E-state index contributed by atoms with van der Waals surface area (Å²) in [6.07, 6.45) is 0. The number of hydrogen-bond acceptors (Lipinski definition) is 4. The van der Waals surface area contributed by atoms with Crippen molar-refractivity contribution in [2.45, 2.75) is 18.4 Å². The smallest absolute Gasteiger partial charge is 0.241 e. The maximum atomic E-state index is 12.2. The number of sulfonamides is 1. The van der Waals surface area contributed by atoms with E-state index in [0.717, 1.165) is 0 Å². The van der Waals surface area contributed by atoms with Gasteiger partial charge in [-0.3, -0.25) is 0 Å². The van der Waals surface area contributed by atoms with E-state index in [2.05, 4.69) is 4.72 Å². The zero-order chi connectivity index (χ0) is 15.6. The van der Waals surface area contributed by atoms with Crippen molar-refractivity contribution in [2.75, 3.05) is 0 Å². The van der Waals surface area contributed by atoms with Crippen LogP contribution in [0.25, 0.3) is 0 Å². The zero-order valence-electron chi connectivity index (χ0n) is 11.1. The summed E-state index contributed by atoms with van der Waals surface area (Å²) < 4.78 is 32.1. The highest BCUT2D eigenvalue weighted by Crippen LogP contribution is 2.21. The van der Waals surface area contributed by atoms with Crippen LogP contribution in [0.3, 0.4) is 0 Å². The molecule has 3 N–H and O–H groups in total. The third-order valence-electron chi connectivity index (χ3n) is 2.75. The summed E-state index contributed by atoms with van der Waals surface area (Å²) in [5.41, 5.74) is 5.92. The van der Waals surface area contributed by atoms with Gasteiger partial charge in [0.05, 0.1) is 16.5 Å². The van der Waals surface area contributed by atoms with Gasteiger partial charge in [-0.2, -0.15) is 0 Å². The normalized spacial score (nSPS) is 11.5. The summed E-state index contributed by atoms with van der Waals surface area (Å²) in [6, 6.07) is 7.66. The van der Waals surface area contributed by atoms with Crippen LogP contribution < -0.4 is 10.5 Å². The van der Waals surface area contributed by atoms with E-state index in [0.29, 0.717) is 17.1 Å². The summed E-state index contributed by atoms with van der Waals surface area (Å²) >= 11 is 10.8. The molecule has 0 saturated heterocycles. The second kappa shape index (κ2) is 6.15. The summed E-state index contributed by atoms with van der Waals surface area (Å²) in [4.78, 5) is 0.152. The fourth-order valence-corrected chi connectivity index (χ4v) is 3.29. The average Bonchev–Trinajstić information content (AvgIpc) is 2.82. The number of thiocarbonyl (C=S) groups is 1. The SMILES string of the molecule is Cc1ccc(CNS(=O)(=O)c2ccc(C(N)=S)c(Cl)c2)o1. The molecule has 21 heavy (non-hydrogen) atoms. The Morgan fingerprint density at radius 3 is 2.62 bits per heavy atom. The first-order valence-electron chi connectivity index (χ1n) is 5.94. The van der Waals surface area contributed by atoms with Gasteiger partial charge in [-0.1, -0.05) is 23.8 Å². The van der Waals surface area contributed by atoms with E-state index in [9.17, 15) is 8.42 Å². The number of benzene rings is 1. The minimum atomic E-state index is -3.69. The van der Waals surface area contributed by atoms with Gasteiger partial charge in [0.25, 0.3) is 0 Å². The fourth-order valence-electron chi connectivity index (χ4n) is 1.69. The van der Waals surface area contributed by atoms with Gasteiger partial charge in [-0.05, 0) is 37.3 Å². The molecule has 2 rings (SSSR count). The molecule has 0 fully saturated rings. The molecule has 112 valence electrons. The molecular weight excluding hydrogens is 332 g/mol. The van der Waals surface area contributed by atoms with Crippen LogP contribution in [-0.4, -0.2) is 13.4 Å². The van der Waals surface area contributed by atoms with Gasteiger partial charge in [0, 0.05) is 5.56 Å². The second-order valence-corrected chi connectivity index (χ2v) is 6.96. The number of aryl methyl sites for hydroxylation is 1. The largest absolute Gasteiger partial charge is 0.465 e. The Balaban J connectivity index is 2.19. The molecule has 1 heterocycles. The molecule has 0 aliphatic carbocycles. The molecule has 0 saturated carbocycles. The first-order valence-corrected chi connectivity index (χ1v) is 8.21. The molecule has 0 unspecified atom stereocenters. The molecule has 5 nitrogen and oxygen atoms in total. The third-order valence-corrected chi connectivity index (χ3v) is 4.68. The second-order valence-electron chi connectivity index (χ2n) is 4.34. The van der Waals surface area contributed by atoms with E-state index < -0.39 is 10.0 Å². The lowest BCUT2D eigenvalue weighted by atomic mass is 10.2. The average molecular weight is 345 g/mol. The van der Waals surface area contributed by atoms with E-state index >= 15 is 0 Å². The highest BCUT2D eigenvalue weighted by Gasteiger charge is 2.16. The van der Waals surface area contributed by atoms with Gasteiger partial charge in [0.2, 0.25) is 10.0 Å². The molecular formula is C13H13ClN2O3S2. The topological polar surface area (TPSA) is 85.3 Å². The molecule has 0 amide bonds. The van der Waals surface area contributed by atoms with Crippen LogP contribution in [0.2, 0.25) is 5.02 Å². The van der Waals surface area contributed by atoms with Crippen LogP contribution >= 0.6 is 23.8 Å². The highest BCUT2D eigenvalue weighted by atomic mass is 35.5. The van der Waals surface area contributed by atoms with Crippen molar-refractivity contribution in [1.29, 1.82) is 0 Å². The van der Waals surface area contributed by atoms with E-state index in [4.69, 9.17) is 34.0 Å². The van der Waals surface area contributed by atoms with Crippen molar-refractivity contribution in [2.24, 2.45) is 5.73 Å². The summed E-state index contributed by atoms with van der Waals surface area (Å²) in [6.45, 7) is 1.84. The van der Waals surface area contributed by atoms with Crippen LogP contribution in [0.1, 0.15) is 17.1 Å². The number of rotatable bonds is 5. The van der Waals surface area contributed by atoms with Gasteiger partial charge in [-0.15, -0.1) is 0 Å². The molecule has 8 heteroatoms. The first-order chi connectivity index (χ1) is 9.79. The number of halogens is 1. The predicted molar refractivity (Wildman–Crippen MR) is 84.8 cm³/mol. The van der Waals surface area contributed by atoms with Crippen molar-refractivity contribution in [3.05, 3.63) is 52.4 Å². The van der Waals surface area contributed by atoms with Crippen molar-refractivity contribution in [3.8, 4) is 0 Å². The monoisotopic (exact) mass is 344 g/mol. The van der Waals surface area contributed by atoms with E-state index in [-0.39, 0.29) is 21.5 Å². The Hall–Kier alpha value is -1.41. The predicted octanol–water partition coefficient (Wildman–Crippen LogP) is 2.35. The van der Waals surface area contributed by atoms with Crippen molar-refractivity contribution in [1.82, 2.24) is 4.72 Å². The van der Waals surface area contributed by atoms with Gasteiger partial charge >= 0.3 is 0 Å². The van der Waals surface area contributed by atoms with E-state index in [1.807, 2.05) is 0 Å². The first kappa shape index (κ1) is 16.0. The molecule has 2 aromatic rings. The molecule has 0 spiro atoms. The molecule has 0 bridgehead atoms. The maximum Gasteiger partial charge on any atom is 0.241 e. The van der Waals surface area contributed by atoms with E-state index in [1.54, 1.807) is 19.1 Å². The summed E-state index contributed by atoms with van der Waals surface area (Å²) in [5, 5.41) is 0.194. The number of hydrogen-bond donors (Lipinski definition) is 2. The van der Waals surface area contributed by atoms with Crippen molar-refractivity contribution in [3.63, 3.8) is 0 Å².